The molecule has 3 heteroatoms. The summed E-state index contributed by atoms with van der Waals surface area (Å²) < 4.78 is 0. The van der Waals surface area contributed by atoms with Crippen LogP contribution in [0.15, 0.2) is 40.3 Å². The molecule has 0 aromatic heterocycles. The Labute approximate surface area is 103 Å². The fourth-order valence-corrected chi connectivity index (χ4v) is 1.82. The maximum absolute atomic E-state index is 11.5. The minimum absolute atomic E-state index is 0.0484. The van der Waals surface area contributed by atoms with E-state index in [2.05, 4.69) is 18.0 Å². The maximum atomic E-state index is 11.5. The average molecular weight is 232 g/mol. The molecule has 1 heterocycles. The highest BCUT2D eigenvalue weighted by Crippen LogP contribution is 2.21. The van der Waals surface area contributed by atoms with Crippen LogP contribution >= 0.6 is 0 Å². The van der Waals surface area contributed by atoms with E-state index in [1.807, 2.05) is 26.1 Å². The Bertz CT molecular complexity index is 414. The van der Waals surface area contributed by atoms with Gasteiger partial charge in [-0.2, -0.15) is 0 Å². The van der Waals surface area contributed by atoms with Crippen LogP contribution in [-0.4, -0.2) is 17.0 Å². The molecule has 0 atom stereocenters. The number of rotatable bonds is 2. The van der Waals surface area contributed by atoms with Crippen molar-refractivity contribution in [1.82, 2.24) is 4.90 Å². The highest BCUT2D eigenvalue weighted by Gasteiger charge is 2.13. The number of carbonyl (C=O) groups excluding carboxylic acids is 1. The van der Waals surface area contributed by atoms with Gasteiger partial charge in [0.15, 0.2) is 0 Å². The average Bonchev–Trinajstić information content (AvgIpc) is 2.51. The summed E-state index contributed by atoms with van der Waals surface area (Å²) in [5.74, 6) is 0.0484. The Balaban J connectivity index is 3.09. The molecular weight excluding hydrogens is 212 g/mol. The van der Waals surface area contributed by atoms with Crippen LogP contribution in [0.3, 0.4) is 0 Å². The molecule has 0 aliphatic carbocycles. The lowest BCUT2D eigenvalue weighted by atomic mass is 10.1. The second-order valence-electron chi connectivity index (χ2n) is 3.96. The third-order valence-electron chi connectivity index (χ3n) is 2.78. The standard InChI is InChI=1S/C14H20N2O/c1-5-14-8-7-13(11(3)15-6-2)9-10-16(14)12(4)17/h6,8-10H,5,7H2,1-4H3/b13-11+,15-6-. The van der Waals surface area contributed by atoms with E-state index < -0.39 is 0 Å². The molecule has 0 unspecified atom stereocenters. The second-order valence-corrected chi connectivity index (χ2v) is 3.96. The molecule has 0 radical (unpaired) electrons. The molecule has 0 saturated carbocycles. The highest BCUT2D eigenvalue weighted by atomic mass is 16.2. The molecule has 0 saturated heterocycles. The summed E-state index contributed by atoms with van der Waals surface area (Å²) in [5.41, 5.74) is 3.20. The van der Waals surface area contributed by atoms with Gasteiger partial charge in [-0.05, 0) is 38.3 Å². The van der Waals surface area contributed by atoms with E-state index in [0.717, 1.165) is 29.8 Å². The zero-order valence-electron chi connectivity index (χ0n) is 11.0. The Kier molecular flexibility index (Phi) is 4.88. The number of hydrogen-bond donors (Lipinski definition) is 0. The van der Waals surface area contributed by atoms with Crippen molar-refractivity contribution in [3.05, 3.63) is 35.3 Å². The van der Waals surface area contributed by atoms with E-state index in [9.17, 15) is 4.79 Å². The van der Waals surface area contributed by atoms with Crippen LogP contribution in [-0.2, 0) is 4.79 Å². The van der Waals surface area contributed by atoms with Crippen molar-refractivity contribution in [1.29, 1.82) is 0 Å². The van der Waals surface area contributed by atoms with Gasteiger partial charge in [0.05, 0.1) is 0 Å². The third kappa shape index (κ3) is 3.41. The fraction of sp³-hybridized carbons (Fsp3) is 0.429. The molecule has 1 rings (SSSR count). The predicted molar refractivity (Wildman–Crippen MR) is 71.5 cm³/mol. The summed E-state index contributed by atoms with van der Waals surface area (Å²) in [5, 5.41) is 0. The number of carbonyl (C=O) groups is 1. The van der Waals surface area contributed by atoms with Crippen molar-refractivity contribution in [2.75, 3.05) is 0 Å². The van der Waals surface area contributed by atoms with Gasteiger partial charge < -0.3 is 0 Å². The lowest BCUT2D eigenvalue weighted by Gasteiger charge is -2.17. The molecule has 3 nitrogen and oxygen atoms in total. The molecule has 1 aliphatic heterocycles. The quantitative estimate of drug-likeness (QED) is 0.671. The van der Waals surface area contributed by atoms with Crippen molar-refractivity contribution in [3.63, 3.8) is 0 Å². The lowest BCUT2D eigenvalue weighted by Crippen LogP contribution is -2.21. The Morgan fingerprint density at radius 1 is 1.53 bits per heavy atom. The van der Waals surface area contributed by atoms with Crippen molar-refractivity contribution in [3.8, 4) is 0 Å². The van der Waals surface area contributed by atoms with Gasteiger partial charge in [-0.15, -0.1) is 0 Å². The van der Waals surface area contributed by atoms with Crippen LogP contribution in [0.5, 0.6) is 0 Å². The molecule has 0 aromatic rings. The number of nitrogens with zero attached hydrogens (tertiary/aromatic N) is 2. The molecule has 0 bridgehead atoms. The summed E-state index contributed by atoms with van der Waals surface area (Å²) >= 11 is 0. The molecule has 17 heavy (non-hydrogen) atoms. The SMILES string of the molecule is C/C=N\C(C)=C1\C=CN(C(C)=O)C(CC)=CC1. The van der Waals surface area contributed by atoms with E-state index in [1.165, 1.54) is 0 Å². The first-order valence-corrected chi connectivity index (χ1v) is 5.95. The van der Waals surface area contributed by atoms with E-state index in [-0.39, 0.29) is 5.91 Å². The number of aliphatic imine (C=N–C) groups is 1. The van der Waals surface area contributed by atoms with Gasteiger partial charge in [0, 0.05) is 30.7 Å². The van der Waals surface area contributed by atoms with Crippen LogP contribution in [0.1, 0.15) is 40.5 Å². The lowest BCUT2D eigenvalue weighted by molar-refractivity contribution is -0.124. The zero-order valence-corrected chi connectivity index (χ0v) is 11.0. The molecule has 0 spiro atoms. The van der Waals surface area contributed by atoms with Gasteiger partial charge >= 0.3 is 0 Å². The van der Waals surface area contributed by atoms with Crippen LogP contribution in [0, 0.1) is 0 Å². The van der Waals surface area contributed by atoms with Gasteiger partial charge in [-0.3, -0.25) is 14.7 Å². The van der Waals surface area contributed by atoms with Crippen LogP contribution in [0.25, 0.3) is 0 Å². The summed E-state index contributed by atoms with van der Waals surface area (Å²) in [6, 6.07) is 0. The van der Waals surface area contributed by atoms with Crippen molar-refractivity contribution in [2.45, 2.75) is 40.5 Å². The smallest absolute Gasteiger partial charge is 0.227 e. The van der Waals surface area contributed by atoms with Crippen LogP contribution in [0.4, 0.5) is 0 Å². The number of hydrogen-bond acceptors (Lipinski definition) is 2. The summed E-state index contributed by atoms with van der Waals surface area (Å²) in [6.07, 6.45) is 9.39. The van der Waals surface area contributed by atoms with Crippen LogP contribution in [0.2, 0.25) is 0 Å². The molecule has 0 fully saturated rings. The van der Waals surface area contributed by atoms with Gasteiger partial charge in [-0.25, -0.2) is 0 Å². The number of allylic oxidation sites excluding steroid dienone is 5. The topological polar surface area (TPSA) is 32.7 Å². The summed E-state index contributed by atoms with van der Waals surface area (Å²) in [7, 11) is 0. The van der Waals surface area contributed by atoms with Crippen LogP contribution < -0.4 is 0 Å². The minimum atomic E-state index is 0.0484. The zero-order chi connectivity index (χ0) is 12.8. The molecular formula is C14H20N2O. The molecule has 1 amide bonds. The van der Waals surface area contributed by atoms with Gasteiger partial charge in [-0.1, -0.05) is 13.0 Å². The number of amides is 1. The summed E-state index contributed by atoms with van der Waals surface area (Å²) in [6.45, 7) is 7.53. The van der Waals surface area contributed by atoms with Gasteiger partial charge in [0.1, 0.15) is 0 Å². The maximum Gasteiger partial charge on any atom is 0.227 e. The highest BCUT2D eigenvalue weighted by molar-refractivity contribution is 5.76. The largest absolute Gasteiger partial charge is 0.292 e. The second kappa shape index (κ2) is 6.18. The first kappa shape index (κ1) is 13.4. The Hall–Kier alpha value is -1.64. The Morgan fingerprint density at radius 3 is 2.76 bits per heavy atom. The first-order valence-electron chi connectivity index (χ1n) is 5.95. The van der Waals surface area contributed by atoms with E-state index >= 15 is 0 Å². The van der Waals surface area contributed by atoms with Crippen molar-refractivity contribution in [2.24, 2.45) is 4.99 Å². The van der Waals surface area contributed by atoms with E-state index in [4.69, 9.17) is 0 Å². The van der Waals surface area contributed by atoms with Crippen molar-refractivity contribution >= 4 is 12.1 Å². The van der Waals surface area contributed by atoms with E-state index in [1.54, 1.807) is 18.0 Å². The van der Waals surface area contributed by atoms with Crippen molar-refractivity contribution < 1.29 is 4.79 Å². The van der Waals surface area contributed by atoms with Gasteiger partial charge in [0.25, 0.3) is 0 Å². The minimum Gasteiger partial charge on any atom is -0.292 e. The molecule has 0 N–H and O–H groups in total. The molecule has 92 valence electrons. The monoisotopic (exact) mass is 232 g/mol. The van der Waals surface area contributed by atoms with Gasteiger partial charge in [0.2, 0.25) is 5.91 Å². The Morgan fingerprint density at radius 2 is 2.24 bits per heavy atom. The predicted octanol–water partition coefficient (Wildman–Crippen LogP) is 3.41. The molecule has 1 aliphatic rings. The third-order valence-corrected chi connectivity index (χ3v) is 2.78. The first-order chi connectivity index (χ1) is 8.10. The molecule has 0 aromatic carbocycles. The van der Waals surface area contributed by atoms with E-state index in [0.29, 0.717) is 0 Å². The fourth-order valence-electron chi connectivity index (χ4n) is 1.82. The normalized spacial score (nSPS) is 19.3. The summed E-state index contributed by atoms with van der Waals surface area (Å²) in [4.78, 5) is 17.5.